The van der Waals surface area contributed by atoms with E-state index in [2.05, 4.69) is 34.1 Å². The smallest absolute Gasteiger partial charge is 0.410 e. The van der Waals surface area contributed by atoms with Crippen LogP contribution >= 0.6 is 0 Å². The maximum Gasteiger partial charge on any atom is 0.410 e. The third-order valence-electron chi connectivity index (χ3n) is 8.34. The molecular weight excluding hydrogens is 464 g/mol. The van der Waals surface area contributed by atoms with Crippen molar-refractivity contribution in [3.8, 4) is 0 Å². The number of hydrogen-bond donors (Lipinski definition) is 0. The molecule has 0 bridgehead atoms. The first kappa shape index (κ1) is 25.7. The monoisotopic (exact) mass is 504 g/mol. The van der Waals surface area contributed by atoms with Crippen molar-refractivity contribution in [2.45, 2.75) is 52.1 Å². The second-order valence-corrected chi connectivity index (χ2v) is 12.3. The largest absolute Gasteiger partial charge is 0.444 e. The van der Waals surface area contributed by atoms with E-state index in [4.69, 9.17) is 4.74 Å². The molecule has 3 aliphatic heterocycles. The summed E-state index contributed by atoms with van der Waals surface area (Å²) < 4.78 is 5.62. The van der Waals surface area contributed by atoms with Crippen LogP contribution in [0.15, 0.2) is 42.6 Å². The molecule has 1 aromatic carbocycles. The summed E-state index contributed by atoms with van der Waals surface area (Å²) in [7, 11) is 0. The van der Waals surface area contributed by atoms with Crippen LogP contribution in [0.4, 0.5) is 4.79 Å². The van der Waals surface area contributed by atoms with E-state index in [1.54, 1.807) is 6.20 Å². The number of carbonyl (C=O) groups excluding carboxylic acids is 2. The van der Waals surface area contributed by atoms with E-state index in [9.17, 15) is 9.59 Å². The van der Waals surface area contributed by atoms with Crippen molar-refractivity contribution in [2.75, 3.05) is 45.8 Å². The van der Waals surface area contributed by atoms with E-state index in [1.807, 2.05) is 56.6 Å². The molecule has 2 unspecified atom stereocenters. The predicted molar refractivity (Wildman–Crippen MR) is 144 cm³/mol. The number of fused-ring (bicyclic) bond motifs is 1. The third kappa shape index (κ3) is 5.24. The molecule has 0 saturated carbocycles. The molecule has 7 heteroatoms. The Kier molecular flexibility index (Phi) is 6.77. The number of hydrogen-bond acceptors (Lipinski definition) is 5. The number of likely N-dealkylation sites (tertiary alicyclic amines) is 3. The average molecular weight is 505 g/mol. The molecule has 0 radical (unpaired) electrons. The van der Waals surface area contributed by atoms with Gasteiger partial charge in [-0.2, -0.15) is 0 Å². The number of aryl methyl sites for hydroxylation is 2. The van der Waals surface area contributed by atoms with E-state index in [0.717, 1.165) is 56.0 Å². The number of rotatable bonds is 5. The van der Waals surface area contributed by atoms with Crippen LogP contribution in [-0.2, 0) is 10.2 Å². The van der Waals surface area contributed by atoms with E-state index in [0.29, 0.717) is 24.9 Å². The number of pyridine rings is 1. The number of aromatic nitrogens is 1. The van der Waals surface area contributed by atoms with Crippen LogP contribution in [0.1, 0.15) is 54.4 Å². The fraction of sp³-hybridized carbons (Fsp3) is 0.567. The molecule has 1 aromatic heterocycles. The second-order valence-electron chi connectivity index (χ2n) is 12.3. The summed E-state index contributed by atoms with van der Waals surface area (Å²) in [6, 6.07) is 12.5. The van der Waals surface area contributed by atoms with Gasteiger partial charge in [-0.15, -0.1) is 0 Å². The van der Waals surface area contributed by atoms with E-state index in [1.165, 1.54) is 5.56 Å². The molecule has 7 nitrogen and oxygen atoms in total. The summed E-state index contributed by atoms with van der Waals surface area (Å²) in [5, 5.41) is 0. The lowest BCUT2D eigenvalue weighted by molar-refractivity contribution is -0.0134. The van der Waals surface area contributed by atoms with Crippen molar-refractivity contribution >= 4 is 12.0 Å². The van der Waals surface area contributed by atoms with Gasteiger partial charge in [-0.3, -0.25) is 9.78 Å². The van der Waals surface area contributed by atoms with Gasteiger partial charge in [-0.1, -0.05) is 30.3 Å². The molecule has 2 amide bonds. The van der Waals surface area contributed by atoms with Crippen LogP contribution in [0.5, 0.6) is 0 Å². The Hall–Kier alpha value is -2.93. The molecule has 2 aromatic rings. The summed E-state index contributed by atoms with van der Waals surface area (Å²) in [6.45, 7) is 15.7. The van der Waals surface area contributed by atoms with Gasteiger partial charge in [0.05, 0.1) is 11.3 Å². The highest BCUT2D eigenvalue weighted by molar-refractivity contribution is 5.96. The molecule has 2 atom stereocenters. The minimum atomic E-state index is -0.487. The Bertz CT molecular complexity index is 1120. The zero-order valence-corrected chi connectivity index (χ0v) is 22.9. The van der Waals surface area contributed by atoms with Gasteiger partial charge in [-0.25, -0.2) is 4.79 Å². The highest BCUT2D eigenvalue weighted by atomic mass is 16.6. The fourth-order valence-corrected chi connectivity index (χ4v) is 6.40. The first-order valence-corrected chi connectivity index (χ1v) is 13.5. The van der Waals surface area contributed by atoms with Gasteiger partial charge in [0, 0.05) is 50.9 Å². The maximum absolute atomic E-state index is 13.3. The first-order chi connectivity index (χ1) is 17.5. The van der Waals surface area contributed by atoms with Gasteiger partial charge in [0.25, 0.3) is 5.91 Å². The number of benzene rings is 1. The minimum absolute atomic E-state index is 0.0345. The lowest BCUT2D eigenvalue weighted by Crippen LogP contribution is -2.62. The van der Waals surface area contributed by atoms with Gasteiger partial charge in [0.15, 0.2) is 0 Å². The van der Waals surface area contributed by atoms with Crippen LogP contribution in [0.3, 0.4) is 0 Å². The quantitative estimate of drug-likeness (QED) is 0.608. The molecule has 0 N–H and O–H groups in total. The average Bonchev–Trinajstić information content (AvgIpc) is 3.37. The molecule has 3 aliphatic rings. The Morgan fingerprint density at radius 3 is 2.22 bits per heavy atom. The Morgan fingerprint density at radius 1 is 0.973 bits per heavy atom. The van der Waals surface area contributed by atoms with Crippen LogP contribution in [0.25, 0.3) is 0 Å². The minimum Gasteiger partial charge on any atom is -0.444 e. The summed E-state index contributed by atoms with van der Waals surface area (Å²) in [5.41, 5.74) is 3.36. The fourth-order valence-electron chi connectivity index (χ4n) is 6.40. The van der Waals surface area contributed by atoms with Crippen molar-refractivity contribution in [1.29, 1.82) is 0 Å². The van der Waals surface area contributed by atoms with Crippen LogP contribution in [0.2, 0.25) is 0 Å². The highest BCUT2D eigenvalue weighted by Gasteiger charge is 2.48. The molecule has 0 aliphatic carbocycles. The topological polar surface area (TPSA) is 66.0 Å². The number of nitrogens with zero attached hydrogens (tertiary/aromatic N) is 4. The van der Waals surface area contributed by atoms with Crippen molar-refractivity contribution in [1.82, 2.24) is 19.7 Å². The van der Waals surface area contributed by atoms with E-state index >= 15 is 0 Å². The van der Waals surface area contributed by atoms with Crippen molar-refractivity contribution < 1.29 is 14.3 Å². The summed E-state index contributed by atoms with van der Waals surface area (Å²) >= 11 is 0. The zero-order chi connectivity index (χ0) is 26.4. The van der Waals surface area contributed by atoms with Crippen molar-refractivity contribution in [3.63, 3.8) is 0 Å². The molecule has 0 spiro atoms. The Morgan fingerprint density at radius 2 is 1.62 bits per heavy atom. The van der Waals surface area contributed by atoms with E-state index < -0.39 is 5.60 Å². The summed E-state index contributed by atoms with van der Waals surface area (Å²) in [6.07, 6.45) is 2.56. The maximum atomic E-state index is 13.3. The van der Waals surface area contributed by atoms with Crippen LogP contribution in [0, 0.1) is 25.7 Å². The molecule has 198 valence electrons. The molecule has 4 heterocycles. The van der Waals surface area contributed by atoms with Crippen LogP contribution in [-0.4, -0.2) is 83.1 Å². The Balaban J connectivity index is 1.18. The molecular formula is C30H40N4O3. The normalized spacial score (nSPS) is 23.1. The van der Waals surface area contributed by atoms with Gasteiger partial charge in [-0.05, 0) is 76.6 Å². The van der Waals surface area contributed by atoms with Crippen molar-refractivity contribution in [2.24, 2.45) is 11.8 Å². The zero-order valence-electron chi connectivity index (χ0n) is 22.9. The van der Waals surface area contributed by atoms with Gasteiger partial charge in [0.1, 0.15) is 5.60 Å². The number of amides is 2. The number of ether oxygens (including phenoxy) is 1. The van der Waals surface area contributed by atoms with Gasteiger partial charge in [0.2, 0.25) is 0 Å². The summed E-state index contributed by atoms with van der Waals surface area (Å²) in [5.74, 6) is 1.17. The Labute approximate surface area is 220 Å². The standard InChI is InChI=1S/C30H40N4O3/c1-21-11-13-31-22(2)26(21)27(35)33-17-23-15-32(16-24(23)18-33)14-12-30(25-9-7-6-8-10-25)19-34(20-30)28(36)37-29(3,4)5/h6-11,13,23-24H,12,14-20H2,1-5H3. The van der Waals surface area contributed by atoms with Gasteiger partial charge < -0.3 is 19.4 Å². The lowest BCUT2D eigenvalue weighted by atomic mass is 9.71. The molecule has 37 heavy (non-hydrogen) atoms. The van der Waals surface area contributed by atoms with Crippen molar-refractivity contribution in [3.05, 3.63) is 65.0 Å². The first-order valence-electron chi connectivity index (χ1n) is 13.5. The lowest BCUT2D eigenvalue weighted by Gasteiger charge is -2.51. The van der Waals surface area contributed by atoms with Crippen LogP contribution < -0.4 is 0 Å². The molecule has 3 fully saturated rings. The summed E-state index contributed by atoms with van der Waals surface area (Å²) in [4.78, 5) is 36.7. The predicted octanol–water partition coefficient (Wildman–Crippen LogP) is 4.28. The van der Waals surface area contributed by atoms with E-state index in [-0.39, 0.29) is 17.4 Å². The van der Waals surface area contributed by atoms with Gasteiger partial charge >= 0.3 is 6.09 Å². The third-order valence-corrected chi connectivity index (χ3v) is 8.34. The molecule has 3 saturated heterocycles. The highest BCUT2D eigenvalue weighted by Crippen LogP contribution is 2.40. The number of carbonyl (C=O) groups is 2. The molecule has 5 rings (SSSR count). The SMILES string of the molecule is Cc1ccnc(C)c1C(=O)N1CC2CN(CCC3(c4ccccc4)CN(C(=O)OC(C)(C)C)C3)CC2C1. The second kappa shape index (κ2) is 9.75.